The Bertz CT molecular complexity index is 1320. The normalized spacial score (nSPS) is 14.4. The van der Waals surface area contributed by atoms with E-state index in [4.69, 9.17) is 9.47 Å². The average molecular weight is 582 g/mol. The first-order valence-corrected chi connectivity index (χ1v) is 12.2. The van der Waals surface area contributed by atoms with E-state index in [0.717, 1.165) is 32.0 Å². The van der Waals surface area contributed by atoms with Crippen LogP contribution < -0.4 is 9.47 Å². The van der Waals surface area contributed by atoms with Gasteiger partial charge in [-0.25, -0.2) is 0 Å². The summed E-state index contributed by atoms with van der Waals surface area (Å²) in [6, 6.07) is 22.5. The van der Waals surface area contributed by atoms with E-state index in [0.29, 0.717) is 22.0 Å². The number of methoxy groups -OCH3 is 1. The molecule has 0 spiro atoms. The first-order chi connectivity index (χ1) is 16.5. The van der Waals surface area contributed by atoms with Crippen LogP contribution in [0.25, 0.3) is 6.08 Å². The number of ether oxygens (including phenoxy) is 2. The molecule has 34 heavy (non-hydrogen) atoms. The molecule has 0 saturated carbocycles. The van der Waals surface area contributed by atoms with Crippen LogP contribution in [0.15, 0.2) is 71.6 Å². The molecule has 170 valence electrons. The summed E-state index contributed by atoms with van der Waals surface area (Å²) in [6.07, 6.45) is 1.69. The summed E-state index contributed by atoms with van der Waals surface area (Å²) in [5, 5.41) is 9.00. The standard InChI is InChI=1S/C26H19IN2O4S/c1-32-22-12-18(11-21(27)24(22)33-16-20-10-6-5-9-19(20)14-28)13-23-25(30)29(26(31)34-23)15-17-7-3-2-4-8-17/h2-13H,15-16H2,1H3/b23-13-. The maximum absolute atomic E-state index is 12.9. The molecular formula is C26H19IN2O4S. The van der Waals surface area contributed by atoms with E-state index in [1.165, 1.54) is 4.90 Å². The summed E-state index contributed by atoms with van der Waals surface area (Å²) < 4.78 is 12.3. The van der Waals surface area contributed by atoms with Crippen LogP contribution in [0.1, 0.15) is 22.3 Å². The van der Waals surface area contributed by atoms with E-state index in [1.54, 1.807) is 25.3 Å². The third kappa shape index (κ3) is 5.26. The smallest absolute Gasteiger partial charge is 0.293 e. The fraction of sp³-hybridized carbons (Fsp3) is 0.115. The summed E-state index contributed by atoms with van der Waals surface area (Å²) in [6.45, 7) is 0.453. The van der Waals surface area contributed by atoms with Crippen molar-refractivity contribution in [2.45, 2.75) is 13.2 Å². The maximum atomic E-state index is 12.9. The van der Waals surface area contributed by atoms with Crippen LogP contribution in [0.3, 0.4) is 0 Å². The van der Waals surface area contributed by atoms with Gasteiger partial charge >= 0.3 is 0 Å². The van der Waals surface area contributed by atoms with Crippen LogP contribution >= 0.6 is 34.4 Å². The van der Waals surface area contributed by atoms with Crippen LogP contribution in [0, 0.1) is 14.9 Å². The molecule has 4 rings (SSSR count). The molecule has 1 aliphatic rings. The first-order valence-electron chi connectivity index (χ1n) is 10.3. The zero-order valence-corrected chi connectivity index (χ0v) is 21.1. The van der Waals surface area contributed by atoms with Gasteiger partial charge in [-0.1, -0.05) is 48.5 Å². The van der Waals surface area contributed by atoms with E-state index >= 15 is 0 Å². The van der Waals surface area contributed by atoms with Gasteiger partial charge in [0, 0.05) is 5.56 Å². The molecule has 0 radical (unpaired) electrons. The quantitative estimate of drug-likeness (QED) is 0.252. The van der Waals surface area contributed by atoms with Gasteiger partial charge in [0.05, 0.1) is 33.8 Å². The zero-order chi connectivity index (χ0) is 24.1. The Kier molecular flexibility index (Phi) is 7.55. The van der Waals surface area contributed by atoms with Crippen LogP contribution in [-0.4, -0.2) is 23.2 Å². The average Bonchev–Trinajstić information content (AvgIpc) is 3.11. The van der Waals surface area contributed by atoms with E-state index in [-0.39, 0.29) is 24.3 Å². The summed E-state index contributed by atoms with van der Waals surface area (Å²) in [7, 11) is 1.54. The summed E-state index contributed by atoms with van der Waals surface area (Å²) >= 11 is 3.07. The third-order valence-electron chi connectivity index (χ3n) is 5.12. The first kappa shape index (κ1) is 23.9. The van der Waals surface area contributed by atoms with Gasteiger partial charge in [0.15, 0.2) is 11.5 Å². The molecule has 1 heterocycles. The Labute approximate surface area is 215 Å². The molecule has 0 unspecified atom stereocenters. The molecule has 6 nitrogen and oxygen atoms in total. The largest absolute Gasteiger partial charge is 0.493 e. The predicted molar refractivity (Wildman–Crippen MR) is 139 cm³/mol. The number of carbonyl (C=O) groups excluding carboxylic acids is 2. The Morgan fingerprint density at radius 3 is 2.56 bits per heavy atom. The second-order valence-electron chi connectivity index (χ2n) is 7.35. The van der Waals surface area contributed by atoms with Crippen LogP contribution in [-0.2, 0) is 17.9 Å². The molecule has 0 aliphatic carbocycles. The second-order valence-corrected chi connectivity index (χ2v) is 9.50. The number of halogens is 1. The molecule has 1 fully saturated rings. The van der Waals surface area contributed by atoms with Crippen molar-refractivity contribution in [1.29, 1.82) is 5.26 Å². The van der Waals surface area contributed by atoms with Crippen molar-refractivity contribution in [2.75, 3.05) is 7.11 Å². The van der Waals surface area contributed by atoms with E-state index in [9.17, 15) is 14.9 Å². The molecule has 0 N–H and O–H groups in total. The van der Waals surface area contributed by atoms with Gasteiger partial charge in [0.25, 0.3) is 11.1 Å². The zero-order valence-electron chi connectivity index (χ0n) is 18.2. The minimum atomic E-state index is -0.318. The highest BCUT2D eigenvalue weighted by atomic mass is 127. The van der Waals surface area contributed by atoms with E-state index < -0.39 is 0 Å². The van der Waals surface area contributed by atoms with Gasteiger partial charge < -0.3 is 9.47 Å². The SMILES string of the molecule is COc1cc(/C=C2\SC(=O)N(Cc3ccccc3)C2=O)cc(I)c1OCc1ccccc1C#N. The fourth-order valence-electron chi connectivity index (χ4n) is 3.42. The molecular weight excluding hydrogens is 563 g/mol. The minimum Gasteiger partial charge on any atom is -0.493 e. The molecule has 0 atom stereocenters. The van der Waals surface area contributed by atoms with E-state index in [2.05, 4.69) is 28.7 Å². The molecule has 0 aromatic heterocycles. The molecule has 3 aromatic carbocycles. The second kappa shape index (κ2) is 10.8. The number of nitriles is 1. The van der Waals surface area contributed by atoms with Gasteiger partial charge in [-0.3, -0.25) is 14.5 Å². The number of carbonyl (C=O) groups is 2. The lowest BCUT2D eigenvalue weighted by Crippen LogP contribution is -2.27. The van der Waals surface area contributed by atoms with Crippen molar-refractivity contribution < 1.29 is 19.1 Å². The molecule has 2 amide bonds. The maximum Gasteiger partial charge on any atom is 0.293 e. The van der Waals surface area contributed by atoms with Gasteiger partial charge in [-0.15, -0.1) is 0 Å². The van der Waals surface area contributed by atoms with Gasteiger partial charge in [0.2, 0.25) is 0 Å². The Balaban J connectivity index is 1.55. The number of thioether (sulfide) groups is 1. The van der Waals surface area contributed by atoms with Crippen LogP contribution in [0.2, 0.25) is 0 Å². The lowest BCUT2D eigenvalue weighted by Gasteiger charge is -2.14. The van der Waals surface area contributed by atoms with Crippen molar-refractivity contribution in [3.05, 3.63) is 97.5 Å². The van der Waals surface area contributed by atoms with Crippen LogP contribution in [0.4, 0.5) is 4.79 Å². The number of imide groups is 1. The Morgan fingerprint density at radius 1 is 1.09 bits per heavy atom. The molecule has 1 saturated heterocycles. The highest BCUT2D eigenvalue weighted by molar-refractivity contribution is 14.1. The van der Waals surface area contributed by atoms with Crippen molar-refractivity contribution in [3.8, 4) is 17.6 Å². The van der Waals surface area contributed by atoms with Gasteiger partial charge in [0.1, 0.15) is 6.61 Å². The lowest BCUT2D eigenvalue weighted by molar-refractivity contribution is -0.123. The van der Waals surface area contributed by atoms with Crippen molar-refractivity contribution >= 4 is 51.6 Å². The molecule has 1 aliphatic heterocycles. The summed E-state index contributed by atoms with van der Waals surface area (Å²) in [5.74, 6) is 0.725. The highest BCUT2D eigenvalue weighted by Gasteiger charge is 2.35. The fourth-order valence-corrected chi connectivity index (χ4v) is 5.04. The number of benzene rings is 3. The number of amides is 2. The molecule has 8 heteroatoms. The topological polar surface area (TPSA) is 79.6 Å². The van der Waals surface area contributed by atoms with Crippen molar-refractivity contribution in [3.63, 3.8) is 0 Å². The van der Waals surface area contributed by atoms with Crippen molar-refractivity contribution in [2.24, 2.45) is 0 Å². The lowest BCUT2D eigenvalue weighted by atomic mass is 10.1. The predicted octanol–water partition coefficient (Wildman–Crippen LogP) is 5.99. The minimum absolute atomic E-state index is 0.216. The Hall–Kier alpha value is -3.29. The Morgan fingerprint density at radius 2 is 1.82 bits per heavy atom. The third-order valence-corrected chi connectivity index (χ3v) is 6.83. The molecule has 3 aromatic rings. The van der Waals surface area contributed by atoms with Crippen LogP contribution in [0.5, 0.6) is 11.5 Å². The number of rotatable bonds is 7. The summed E-state index contributed by atoms with van der Waals surface area (Å²) in [4.78, 5) is 27.0. The summed E-state index contributed by atoms with van der Waals surface area (Å²) in [5.41, 5.74) is 2.94. The monoisotopic (exact) mass is 582 g/mol. The van der Waals surface area contributed by atoms with E-state index in [1.807, 2.05) is 54.6 Å². The highest BCUT2D eigenvalue weighted by Crippen LogP contribution is 2.38. The number of nitrogens with zero attached hydrogens (tertiary/aromatic N) is 2. The number of hydrogen-bond donors (Lipinski definition) is 0. The van der Waals surface area contributed by atoms with Gasteiger partial charge in [-0.2, -0.15) is 5.26 Å². The van der Waals surface area contributed by atoms with Gasteiger partial charge in [-0.05, 0) is 69.8 Å². The molecule has 0 bridgehead atoms. The van der Waals surface area contributed by atoms with Crippen molar-refractivity contribution in [1.82, 2.24) is 4.90 Å². The number of hydrogen-bond acceptors (Lipinski definition) is 6.